The maximum absolute atomic E-state index is 13.8. The van der Waals surface area contributed by atoms with Gasteiger partial charge in [-0.2, -0.15) is 0 Å². The van der Waals surface area contributed by atoms with Crippen LogP contribution in [0.2, 0.25) is 0 Å². The van der Waals surface area contributed by atoms with Gasteiger partial charge in [-0.25, -0.2) is 14.4 Å². The molecular weight excluding hydrogens is 492 g/mol. The average molecular weight is 522 g/mol. The highest BCUT2D eigenvalue weighted by Crippen LogP contribution is 2.60. The smallest absolute Gasteiger partial charge is 0.357 e. The molecule has 0 aliphatic heterocycles. The number of hydrogen-bond donors (Lipinski definition) is 2. The second-order valence-corrected chi connectivity index (χ2v) is 10.2. The van der Waals surface area contributed by atoms with Crippen LogP contribution in [-0.2, 0) is 13.6 Å². The van der Waals surface area contributed by atoms with Crippen molar-refractivity contribution in [2.24, 2.45) is 0 Å². The van der Waals surface area contributed by atoms with Gasteiger partial charge in [-0.3, -0.25) is 9.55 Å². The molecule has 2 heterocycles. The molecule has 2 aromatic carbocycles. The molecule has 0 aliphatic rings. The van der Waals surface area contributed by atoms with Gasteiger partial charge >= 0.3 is 7.60 Å². The normalized spacial score (nSPS) is 12.2. The molecule has 0 saturated heterocycles. The summed E-state index contributed by atoms with van der Waals surface area (Å²) in [6.45, 7) is 5.85. The number of pyridine rings is 1. The minimum absolute atomic E-state index is 0.196. The van der Waals surface area contributed by atoms with Gasteiger partial charge in [0.1, 0.15) is 5.82 Å². The highest BCUT2D eigenvalue weighted by molar-refractivity contribution is 7.54. The Morgan fingerprint density at radius 2 is 1.76 bits per heavy atom. The van der Waals surface area contributed by atoms with Gasteiger partial charge in [0.2, 0.25) is 5.95 Å². The number of halogens is 1. The quantitative estimate of drug-likeness (QED) is 0.202. The fraction of sp³-hybridized carbons (Fsp3) is 0.222. The highest BCUT2D eigenvalue weighted by Gasteiger charge is 2.37. The first-order valence-corrected chi connectivity index (χ1v) is 13.5. The van der Waals surface area contributed by atoms with E-state index in [-0.39, 0.29) is 19.0 Å². The van der Waals surface area contributed by atoms with Crippen molar-refractivity contribution in [1.82, 2.24) is 15.0 Å². The van der Waals surface area contributed by atoms with E-state index in [1.54, 1.807) is 44.6 Å². The Hall–Kier alpha value is -3.65. The summed E-state index contributed by atoms with van der Waals surface area (Å²) in [5.74, 6) is -0.819. The Bertz CT molecular complexity index is 1360. The number of anilines is 3. The van der Waals surface area contributed by atoms with E-state index >= 15 is 0 Å². The summed E-state index contributed by atoms with van der Waals surface area (Å²) < 4.78 is 38.7. The second-order valence-electron chi connectivity index (χ2n) is 8.14. The number of nitrogens with one attached hydrogen (secondary N) is 2. The molecule has 4 aromatic rings. The summed E-state index contributed by atoms with van der Waals surface area (Å²) in [5.41, 5.74) is 4.57. The maximum atomic E-state index is 13.8. The topological polar surface area (TPSA) is 98.3 Å². The lowest BCUT2D eigenvalue weighted by Crippen LogP contribution is -2.15. The van der Waals surface area contributed by atoms with Crippen molar-refractivity contribution < 1.29 is 18.0 Å². The van der Waals surface area contributed by atoms with Crippen molar-refractivity contribution in [2.75, 3.05) is 23.8 Å². The predicted octanol–water partition coefficient (Wildman–Crippen LogP) is 7.11. The standard InChI is InChI=1S/C27H29FN5O3P/c1-4-35-37(34,36-5-2)26(20-9-11-22(28)12-10-20)31-23-13-8-19(3)25(17-23)33-27-30-16-14-24(32-27)21-7-6-15-29-18-21/h6-18,26,31H,4-5H2,1-3H3,(H,30,32,33). The monoisotopic (exact) mass is 521 g/mol. The third kappa shape index (κ3) is 6.57. The summed E-state index contributed by atoms with van der Waals surface area (Å²) >= 11 is 0. The Labute approximate surface area is 215 Å². The van der Waals surface area contributed by atoms with E-state index in [2.05, 4.69) is 25.6 Å². The van der Waals surface area contributed by atoms with Crippen molar-refractivity contribution >= 4 is 24.9 Å². The molecule has 8 nitrogen and oxygen atoms in total. The molecule has 0 saturated carbocycles. The van der Waals surface area contributed by atoms with E-state index in [0.717, 1.165) is 22.5 Å². The summed E-state index contributed by atoms with van der Waals surface area (Å²) in [6, 6.07) is 17.0. The summed E-state index contributed by atoms with van der Waals surface area (Å²) in [5, 5.41) is 6.56. The maximum Gasteiger partial charge on any atom is 0.357 e. The molecule has 37 heavy (non-hydrogen) atoms. The number of rotatable bonds is 11. The number of aromatic nitrogens is 3. The van der Waals surface area contributed by atoms with Crippen LogP contribution in [-0.4, -0.2) is 28.2 Å². The van der Waals surface area contributed by atoms with Crippen molar-refractivity contribution in [3.8, 4) is 11.3 Å². The summed E-state index contributed by atoms with van der Waals surface area (Å²) in [6.07, 6.45) is 5.13. The van der Waals surface area contributed by atoms with Crippen LogP contribution in [0.3, 0.4) is 0 Å². The van der Waals surface area contributed by atoms with Gasteiger partial charge in [-0.05, 0) is 74.4 Å². The molecule has 0 radical (unpaired) electrons. The van der Waals surface area contributed by atoms with Crippen molar-refractivity contribution in [1.29, 1.82) is 0 Å². The molecule has 0 spiro atoms. The molecule has 0 amide bonds. The van der Waals surface area contributed by atoms with E-state index in [0.29, 0.717) is 17.2 Å². The van der Waals surface area contributed by atoms with Crippen LogP contribution in [0.4, 0.5) is 21.7 Å². The van der Waals surface area contributed by atoms with Crippen LogP contribution in [0, 0.1) is 12.7 Å². The van der Waals surface area contributed by atoms with Crippen LogP contribution < -0.4 is 10.6 Å². The largest absolute Gasteiger partial charge is 0.368 e. The second kappa shape index (κ2) is 12.1. The van der Waals surface area contributed by atoms with Crippen molar-refractivity contribution in [2.45, 2.75) is 26.6 Å². The lowest BCUT2D eigenvalue weighted by Gasteiger charge is -2.28. The van der Waals surface area contributed by atoms with Crippen molar-refractivity contribution in [3.05, 3.63) is 96.2 Å². The van der Waals surface area contributed by atoms with Crippen LogP contribution in [0.5, 0.6) is 0 Å². The average Bonchev–Trinajstić information content (AvgIpc) is 2.90. The minimum atomic E-state index is -3.65. The van der Waals surface area contributed by atoms with Crippen LogP contribution >= 0.6 is 7.60 Å². The number of benzene rings is 2. The lowest BCUT2D eigenvalue weighted by molar-refractivity contribution is 0.214. The number of hydrogen-bond acceptors (Lipinski definition) is 8. The van der Waals surface area contributed by atoms with Gasteiger partial charge in [0, 0.05) is 35.5 Å². The van der Waals surface area contributed by atoms with Crippen LogP contribution in [0.25, 0.3) is 11.3 Å². The van der Waals surface area contributed by atoms with Gasteiger partial charge < -0.3 is 19.7 Å². The first-order chi connectivity index (χ1) is 17.9. The third-order valence-corrected chi connectivity index (χ3v) is 7.82. The first kappa shape index (κ1) is 26.4. The van der Waals surface area contributed by atoms with E-state index in [4.69, 9.17) is 9.05 Å². The molecule has 2 aromatic heterocycles. The highest BCUT2D eigenvalue weighted by atomic mass is 31.2. The lowest BCUT2D eigenvalue weighted by atomic mass is 10.1. The molecule has 0 aliphatic carbocycles. The zero-order chi connectivity index (χ0) is 26.3. The molecule has 192 valence electrons. The number of aryl methyl sites for hydroxylation is 1. The molecule has 0 fully saturated rings. The van der Waals surface area contributed by atoms with E-state index in [1.165, 1.54) is 12.1 Å². The molecule has 0 bridgehead atoms. The molecule has 1 unspecified atom stereocenters. The predicted molar refractivity (Wildman–Crippen MR) is 143 cm³/mol. The fourth-order valence-electron chi connectivity index (χ4n) is 3.76. The Kier molecular flexibility index (Phi) is 8.61. The Morgan fingerprint density at radius 3 is 2.43 bits per heavy atom. The van der Waals surface area contributed by atoms with Gasteiger partial charge in [0.05, 0.1) is 18.9 Å². The zero-order valence-electron chi connectivity index (χ0n) is 20.9. The van der Waals surface area contributed by atoms with Gasteiger partial charge in [-0.1, -0.05) is 18.2 Å². The SMILES string of the molecule is CCOP(=O)(OCC)C(Nc1ccc(C)c(Nc2nccc(-c3cccnc3)n2)c1)c1ccc(F)cc1. The molecule has 4 rings (SSSR count). The van der Waals surface area contributed by atoms with E-state index < -0.39 is 13.4 Å². The van der Waals surface area contributed by atoms with Crippen LogP contribution in [0.1, 0.15) is 30.8 Å². The van der Waals surface area contributed by atoms with Crippen LogP contribution in [0.15, 0.2) is 79.3 Å². The third-order valence-electron chi connectivity index (χ3n) is 5.52. The summed E-state index contributed by atoms with van der Waals surface area (Å²) in [7, 11) is -3.65. The van der Waals surface area contributed by atoms with E-state index in [9.17, 15) is 8.96 Å². The van der Waals surface area contributed by atoms with E-state index in [1.807, 2.05) is 43.3 Å². The molecule has 1 atom stereocenters. The fourth-order valence-corrected chi connectivity index (χ4v) is 5.69. The van der Waals surface area contributed by atoms with Gasteiger partial charge in [-0.15, -0.1) is 0 Å². The Balaban J connectivity index is 1.65. The molecular formula is C27H29FN5O3P. The zero-order valence-corrected chi connectivity index (χ0v) is 21.8. The minimum Gasteiger partial charge on any atom is -0.368 e. The van der Waals surface area contributed by atoms with Crippen molar-refractivity contribution in [3.63, 3.8) is 0 Å². The molecule has 10 heteroatoms. The first-order valence-electron chi connectivity index (χ1n) is 11.9. The number of nitrogens with zero attached hydrogens (tertiary/aromatic N) is 3. The summed E-state index contributed by atoms with van der Waals surface area (Å²) in [4.78, 5) is 13.1. The Morgan fingerprint density at radius 1 is 1.00 bits per heavy atom. The van der Waals surface area contributed by atoms with Gasteiger partial charge in [0.25, 0.3) is 0 Å². The van der Waals surface area contributed by atoms with Gasteiger partial charge in [0.15, 0.2) is 5.78 Å². The molecule has 2 N–H and O–H groups in total.